The molecule has 0 aliphatic carbocycles. The molecule has 8 rings (SSSR count). The van der Waals surface area contributed by atoms with E-state index in [4.69, 9.17) is 0 Å². The average Bonchev–Trinajstić information content (AvgIpc) is 3.53. The van der Waals surface area contributed by atoms with E-state index in [-0.39, 0.29) is 54.7 Å². The lowest BCUT2D eigenvalue weighted by Crippen LogP contribution is -2.49. The van der Waals surface area contributed by atoms with Crippen LogP contribution in [0, 0.1) is 0 Å². The number of likely N-dealkylation sites (tertiary alicyclic amines) is 1. The van der Waals surface area contributed by atoms with E-state index in [1.807, 2.05) is 19.2 Å². The molecule has 0 atom stereocenters. The van der Waals surface area contributed by atoms with E-state index < -0.39 is 27.8 Å². The Kier molecular flexibility index (Phi) is 10.9. The van der Waals surface area contributed by atoms with Crippen LogP contribution in [0.1, 0.15) is 74.0 Å². The van der Waals surface area contributed by atoms with Gasteiger partial charge in [0, 0.05) is 70.4 Å². The van der Waals surface area contributed by atoms with Gasteiger partial charge in [0.15, 0.2) is 5.82 Å². The number of sulfonamides is 1. The lowest BCUT2D eigenvalue weighted by molar-refractivity contribution is -0.137. The molecule has 2 N–H and O–H groups in total. The molecule has 3 amide bonds. The third-order valence-electron chi connectivity index (χ3n) is 11.7. The van der Waals surface area contributed by atoms with E-state index in [0.717, 1.165) is 67.9 Å². The summed E-state index contributed by atoms with van der Waals surface area (Å²) in [5, 5.41) is 11.0. The van der Waals surface area contributed by atoms with Crippen LogP contribution in [-0.2, 0) is 34.6 Å². The number of nitrogens with zero attached hydrogens (tertiary/aromatic N) is 8. The molecule has 0 saturated carbocycles. The van der Waals surface area contributed by atoms with Crippen molar-refractivity contribution in [2.24, 2.45) is 7.05 Å². The molecule has 0 unspecified atom stereocenters. The highest BCUT2D eigenvalue weighted by molar-refractivity contribution is 7.89. The molecule has 2 aromatic heterocycles. The molecule has 14 nitrogen and oxygen atoms in total. The Balaban J connectivity index is 0.856. The van der Waals surface area contributed by atoms with Crippen LogP contribution in [0.15, 0.2) is 53.6 Å². The highest BCUT2D eigenvalue weighted by Gasteiger charge is 2.38. The molecule has 0 bridgehead atoms. The lowest BCUT2D eigenvalue weighted by Gasteiger charge is -2.33. The molecular formula is C39H47F3N10O4S. The number of rotatable bonds is 9. The zero-order chi connectivity index (χ0) is 39.9. The summed E-state index contributed by atoms with van der Waals surface area (Å²) in [4.78, 5) is 38.2. The Morgan fingerprint density at radius 3 is 2.37 bits per heavy atom. The van der Waals surface area contributed by atoms with Crippen molar-refractivity contribution in [2.45, 2.75) is 80.9 Å². The summed E-state index contributed by atoms with van der Waals surface area (Å²) >= 11 is 0. The molecule has 0 radical (unpaired) electrons. The minimum atomic E-state index is -4.56. The van der Waals surface area contributed by atoms with Gasteiger partial charge in [-0.05, 0) is 99.3 Å². The molecule has 304 valence electrons. The number of aromatic nitrogens is 4. The average molecular weight is 809 g/mol. The Labute approximate surface area is 329 Å². The number of benzene rings is 2. The summed E-state index contributed by atoms with van der Waals surface area (Å²) in [6, 6.07) is 12.7. The van der Waals surface area contributed by atoms with Gasteiger partial charge in [0.1, 0.15) is 11.4 Å². The lowest BCUT2D eigenvalue weighted by atomic mass is 9.89. The molecular weight excluding hydrogens is 762 g/mol. The molecule has 4 aromatic rings. The summed E-state index contributed by atoms with van der Waals surface area (Å²) in [5.41, 5.74) is 2.20. The molecule has 4 aliphatic rings. The van der Waals surface area contributed by atoms with Crippen molar-refractivity contribution in [1.29, 1.82) is 0 Å². The fraction of sp³-hybridized carbons (Fsp3) is 0.513. The highest BCUT2D eigenvalue weighted by Crippen LogP contribution is 2.37. The molecule has 2 aromatic carbocycles. The number of anilines is 3. The van der Waals surface area contributed by atoms with E-state index >= 15 is 0 Å². The Hall–Kier alpha value is -4.81. The number of imide groups is 1. The van der Waals surface area contributed by atoms with Crippen molar-refractivity contribution in [3.63, 3.8) is 0 Å². The SMILES string of the molecule is Cn1nc(N2CCC(=O)NC2=O)c2ccc(C3CCN(Cc4cccc(S(=O)(=O)N5CCC(Nc6ncc(C(F)(F)F)c(N7CCCCC7)n6)CC5)c4)CC3)cc21. The number of halogens is 3. The first kappa shape index (κ1) is 39.0. The van der Waals surface area contributed by atoms with Crippen LogP contribution in [0.4, 0.5) is 35.5 Å². The predicted octanol–water partition coefficient (Wildman–Crippen LogP) is 5.46. The van der Waals surface area contributed by atoms with E-state index in [1.54, 1.807) is 27.8 Å². The second kappa shape index (κ2) is 15.9. The third-order valence-corrected chi connectivity index (χ3v) is 13.6. The maximum atomic E-state index is 13.8. The Bertz CT molecular complexity index is 2250. The van der Waals surface area contributed by atoms with E-state index in [1.165, 1.54) is 14.8 Å². The number of aryl methyl sites for hydroxylation is 1. The molecule has 57 heavy (non-hydrogen) atoms. The molecule has 0 spiro atoms. The van der Waals surface area contributed by atoms with Crippen LogP contribution in [0.5, 0.6) is 0 Å². The standard InChI is InChI=1S/C39H47F3N10O4S/c1-48-33-23-28(8-9-31(33)35(47-48)52-21-14-34(53)45-38(52)54)27-10-17-49(18-11-27)25-26-6-5-7-30(22-26)57(55,56)51-19-12-29(13-20-51)44-37-43-24-32(39(40,41)42)36(46-37)50-15-3-2-4-16-50/h5-9,22-24,27,29H,2-4,10-21,25H2,1H3,(H,43,44,46)(H,45,53,54). The van der Waals surface area contributed by atoms with Gasteiger partial charge in [0.25, 0.3) is 0 Å². The maximum Gasteiger partial charge on any atom is 0.421 e. The van der Waals surface area contributed by atoms with Gasteiger partial charge in [-0.1, -0.05) is 18.2 Å². The minimum Gasteiger partial charge on any atom is -0.356 e. The van der Waals surface area contributed by atoms with Crippen LogP contribution in [0.25, 0.3) is 10.9 Å². The van der Waals surface area contributed by atoms with Gasteiger partial charge in [0.05, 0.1) is 10.4 Å². The fourth-order valence-corrected chi connectivity index (χ4v) is 10.1. The number of carbonyl (C=O) groups is 2. The summed E-state index contributed by atoms with van der Waals surface area (Å²) in [5.74, 6) is 0.610. The van der Waals surface area contributed by atoms with Crippen LogP contribution < -0.4 is 20.4 Å². The molecule has 4 aliphatic heterocycles. The van der Waals surface area contributed by atoms with Crippen molar-refractivity contribution < 1.29 is 31.2 Å². The number of hydrogen-bond acceptors (Lipinski definition) is 10. The Morgan fingerprint density at radius 2 is 1.65 bits per heavy atom. The summed E-state index contributed by atoms with van der Waals surface area (Å²) in [6.45, 7) is 4.15. The number of amides is 3. The van der Waals surface area contributed by atoms with E-state index in [9.17, 15) is 31.2 Å². The third kappa shape index (κ3) is 8.30. The number of piperidine rings is 3. The van der Waals surface area contributed by atoms with Gasteiger partial charge < -0.3 is 10.2 Å². The molecule has 6 heterocycles. The van der Waals surface area contributed by atoms with Crippen LogP contribution in [-0.4, -0.2) is 101 Å². The largest absolute Gasteiger partial charge is 0.421 e. The summed E-state index contributed by atoms with van der Waals surface area (Å²) in [7, 11) is -1.91. The first-order chi connectivity index (χ1) is 27.3. The quantitative estimate of drug-likeness (QED) is 0.223. The predicted molar refractivity (Wildman–Crippen MR) is 208 cm³/mol. The number of nitrogens with one attached hydrogen (secondary N) is 2. The van der Waals surface area contributed by atoms with Crippen molar-refractivity contribution in [3.8, 4) is 0 Å². The van der Waals surface area contributed by atoms with Crippen molar-refractivity contribution >= 4 is 50.4 Å². The topological polar surface area (TPSA) is 149 Å². The van der Waals surface area contributed by atoms with E-state index in [2.05, 4.69) is 42.7 Å². The van der Waals surface area contributed by atoms with E-state index in [0.29, 0.717) is 44.2 Å². The van der Waals surface area contributed by atoms with Gasteiger partial charge in [-0.25, -0.2) is 18.2 Å². The highest BCUT2D eigenvalue weighted by atomic mass is 32.2. The van der Waals surface area contributed by atoms with Crippen LogP contribution >= 0.6 is 0 Å². The fourth-order valence-electron chi connectivity index (χ4n) is 8.52. The van der Waals surface area contributed by atoms with Gasteiger partial charge in [0.2, 0.25) is 21.9 Å². The summed E-state index contributed by atoms with van der Waals surface area (Å²) in [6.07, 6.45) is 1.90. The number of carbonyl (C=O) groups excluding carboxylic acids is 2. The van der Waals surface area contributed by atoms with Crippen molar-refractivity contribution in [3.05, 3.63) is 65.4 Å². The normalized spacial score (nSPS) is 20.0. The number of hydrogen-bond donors (Lipinski definition) is 2. The monoisotopic (exact) mass is 808 g/mol. The zero-order valence-corrected chi connectivity index (χ0v) is 32.7. The number of alkyl halides is 3. The summed E-state index contributed by atoms with van der Waals surface area (Å²) < 4.78 is 72.3. The molecule has 4 saturated heterocycles. The first-order valence-corrected chi connectivity index (χ1v) is 21.1. The second-order valence-corrected chi connectivity index (χ2v) is 17.4. The minimum absolute atomic E-state index is 0.103. The van der Waals surface area contributed by atoms with Gasteiger partial charge in [-0.15, -0.1) is 0 Å². The van der Waals surface area contributed by atoms with Crippen molar-refractivity contribution in [1.82, 2.24) is 34.3 Å². The van der Waals surface area contributed by atoms with Gasteiger partial charge >= 0.3 is 12.2 Å². The van der Waals surface area contributed by atoms with Crippen LogP contribution in [0.2, 0.25) is 0 Å². The first-order valence-electron chi connectivity index (χ1n) is 19.7. The Morgan fingerprint density at radius 1 is 0.895 bits per heavy atom. The smallest absolute Gasteiger partial charge is 0.356 e. The number of fused-ring (bicyclic) bond motifs is 1. The second-order valence-electron chi connectivity index (χ2n) is 15.5. The molecule has 18 heteroatoms. The van der Waals surface area contributed by atoms with Gasteiger partial charge in [-0.2, -0.15) is 27.6 Å². The number of urea groups is 1. The van der Waals surface area contributed by atoms with Gasteiger partial charge in [-0.3, -0.25) is 24.6 Å². The maximum absolute atomic E-state index is 13.8. The zero-order valence-electron chi connectivity index (χ0n) is 31.8. The molecule has 4 fully saturated rings. The van der Waals surface area contributed by atoms with Crippen molar-refractivity contribution in [2.75, 3.05) is 60.9 Å². The van der Waals surface area contributed by atoms with Crippen LogP contribution in [0.3, 0.4) is 0 Å².